The number of hydrogen-bond acceptors (Lipinski definition) is 3. The monoisotopic (exact) mass is 311 g/mol. The van der Waals surface area contributed by atoms with Crippen LogP contribution in [0.5, 0.6) is 0 Å². The van der Waals surface area contributed by atoms with Gasteiger partial charge in [0, 0.05) is 17.6 Å². The number of alkyl halides is 1. The highest BCUT2D eigenvalue weighted by Gasteiger charge is 2.44. The van der Waals surface area contributed by atoms with Gasteiger partial charge in [-0.1, -0.05) is 0 Å². The molecule has 0 bridgehead atoms. The lowest BCUT2D eigenvalue weighted by Gasteiger charge is -2.32. The Morgan fingerprint density at radius 3 is 2.77 bits per heavy atom. The number of amides is 1. The molecule has 1 aromatic carbocycles. The normalized spacial score (nSPS) is 15.5. The van der Waals surface area contributed by atoms with E-state index < -0.39 is 5.54 Å². The first-order chi connectivity index (χ1) is 10.5. The van der Waals surface area contributed by atoms with E-state index in [1.54, 1.807) is 35.5 Å². The molecule has 4 nitrogen and oxygen atoms in total. The molecule has 0 radical (unpaired) electrons. The van der Waals surface area contributed by atoms with Crippen LogP contribution in [0.25, 0.3) is 0 Å². The van der Waals surface area contributed by atoms with Crippen LogP contribution in [0.15, 0.2) is 36.7 Å². The Kier molecular flexibility index (Phi) is 3.38. The summed E-state index contributed by atoms with van der Waals surface area (Å²) in [7, 11) is 0. The quantitative estimate of drug-likeness (QED) is 0.796. The van der Waals surface area contributed by atoms with E-state index >= 15 is 0 Å². The van der Waals surface area contributed by atoms with Gasteiger partial charge in [-0.15, -0.1) is 11.6 Å². The van der Waals surface area contributed by atoms with Crippen molar-refractivity contribution in [1.82, 2.24) is 4.98 Å². The van der Waals surface area contributed by atoms with Crippen molar-refractivity contribution >= 4 is 23.2 Å². The van der Waals surface area contributed by atoms with E-state index in [-0.39, 0.29) is 5.91 Å². The lowest BCUT2D eigenvalue weighted by molar-refractivity contribution is 0.0982. The van der Waals surface area contributed by atoms with Crippen molar-refractivity contribution in [3.63, 3.8) is 0 Å². The van der Waals surface area contributed by atoms with Crippen molar-refractivity contribution < 1.29 is 4.79 Å². The van der Waals surface area contributed by atoms with Crippen LogP contribution >= 0.6 is 11.6 Å². The van der Waals surface area contributed by atoms with Crippen molar-refractivity contribution in [2.45, 2.75) is 25.3 Å². The van der Waals surface area contributed by atoms with Gasteiger partial charge < -0.3 is 0 Å². The molecular weight excluding hydrogens is 298 g/mol. The molecular formula is C17H14ClN3O. The Bertz CT molecular complexity index is 808. The number of aromatic nitrogens is 1. The Hall–Kier alpha value is -2.38. The van der Waals surface area contributed by atoms with Crippen LogP contribution < -0.4 is 4.90 Å². The molecule has 22 heavy (non-hydrogen) atoms. The molecule has 1 amide bonds. The van der Waals surface area contributed by atoms with Gasteiger partial charge in [-0.25, -0.2) is 0 Å². The van der Waals surface area contributed by atoms with Crippen LogP contribution in [0.1, 0.15) is 40.9 Å². The Balaban J connectivity index is 2.15. The number of nitriles is 1. The minimum Gasteiger partial charge on any atom is -0.297 e. The fourth-order valence-electron chi connectivity index (χ4n) is 2.91. The smallest absolute Gasteiger partial charge is 0.259 e. The average molecular weight is 312 g/mol. The Labute approximate surface area is 134 Å². The molecule has 0 aliphatic carbocycles. The highest BCUT2D eigenvalue weighted by Crippen LogP contribution is 2.42. The van der Waals surface area contributed by atoms with Crippen molar-refractivity contribution in [3.05, 3.63) is 58.9 Å². The van der Waals surface area contributed by atoms with E-state index in [0.717, 1.165) is 11.1 Å². The minimum atomic E-state index is -0.550. The van der Waals surface area contributed by atoms with Gasteiger partial charge in [0.05, 0.1) is 29.1 Å². The second-order valence-electron chi connectivity index (χ2n) is 5.76. The number of hydrogen-bond donors (Lipinski definition) is 0. The number of rotatable bonds is 2. The molecule has 0 spiro atoms. The molecule has 0 fully saturated rings. The second-order valence-corrected chi connectivity index (χ2v) is 6.02. The second kappa shape index (κ2) is 5.11. The Morgan fingerprint density at radius 2 is 2.09 bits per heavy atom. The molecule has 110 valence electrons. The van der Waals surface area contributed by atoms with Crippen LogP contribution in [-0.2, 0) is 11.4 Å². The van der Waals surface area contributed by atoms with Gasteiger partial charge in [-0.3, -0.25) is 14.7 Å². The zero-order valence-electron chi connectivity index (χ0n) is 12.3. The number of anilines is 1. The molecule has 1 aromatic heterocycles. The maximum absolute atomic E-state index is 12.8. The summed E-state index contributed by atoms with van der Waals surface area (Å²) in [6.07, 6.45) is 3.34. The number of benzene rings is 1. The van der Waals surface area contributed by atoms with Gasteiger partial charge in [0.2, 0.25) is 0 Å². The first kappa shape index (κ1) is 14.6. The highest BCUT2D eigenvalue weighted by atomic mass is 35.5. The van der Waals surface area contributed by atoms with Gasteiger partial charge in [-0.05, 0) is 49.2 Å². The number of fused-ring (bicyclic) bond motifs is 1. The molecule has 2 aromatic rings. The summed E-state index contributed by atoms with van der Waals surface area (Å²) in [6, 6.07) is 9.17. The number of carbonyl (C=O) groups excluding carboxylic acids is 1. The minimum absolute atomic E-state index is 0.0852. The summed E-state index contributed by atoms with van der Waals surface area (Å²) in [6.45, 7) is 3.93. The van der Waals surface area contributed by atoms with E-state index in [9.17, 15) is 4.79 Å². The van der Waals surface area contributed by atoms with Crippen molar-refractivity contribution in [2.24, 2.45) is 0 Å². The lowest BCUT2D eigenvalue weighted by Crippen LogP contribution is -2.39. The molecule has 3 rings (SSSR count). The standard InChI is InChI=1S/C17H14ClN3O/c1-17(2)15-6-11(8-19)3-4-14(15)16(22)21(17)13-5-12(7-18)9-20-10-13/h3-6,9-10H,7H2,1-2H3. The molecule has 0 atom stereocenters. The van der Waals surface area contributed by atoms with Crippen molar-refractivity contribution in [1.29, 1.82) is 5.26 Å². The summed E-state index contributed by atoms with van der Waals surface area (Å²) >= 11 is 5.86. The lowest BCUT2D eigenvalue weighted by atomic mass is 9.92. The van der Waals surface area contributed by atoms with Gasteiger partial charge in [0.25, 0.3) is 5.91 Å². The molecule has 0 N–H and O–H groups in total. The third-order valence-corrected chi connectivity index (χ3v) is 4.30. The fourth-order valence-corrected chi connectivity index (χ4v) is 3.06. The summed E-state index contributed by atoms with van der Waals surface area (Å²) in [5, 5.41) is 9.08. The maximum Gasteiger partial charge on any atom is 0.259 e. The molecule has 1 aliphatic rings. The first-order valence-electron chi connectivity index (χ1n) is 6.88. The SMILES string of the molecule is CC1(C)c2cc(C#N)ccc2C(=O)N1c1cncc(CCl)c1. The summed E-state index contributed by atoms with van der Waals surface area (Å²) in [5.74, 6) is 0.257. The van der Waals surface area contributed by atoms with E-state index in [2.05, 4.69) is 11.1 Å². The van der Waals surface area contributed by atoms with Gasteiger partial charge in [0.15, 0.2) is 0 Å². The van der Waals surface area contributed by atoms with Crippen LogP contribution in [0.2, 0.25) is 0 Å². The fraction of sp³-hybridized carbons (Fsp3) is 0.235. The maximum atomic E-state index is 12.8. The van der Waals surface area contributed by atoms with Gasteiger partial charge >= 0.3 is 0 Å². The largest absolute Gasteiger partial charge is 0.297 e. The molecule has 1 aliphatic heterocycles. The summed E-state index contributed by atoms with van der Waals surface area (Å²) < 4.78 is 0. The average Bonchev–Trinajstić information content (AvgIpc) is 2.73. The number of nitrogens with zero attached hydrogens (tertiary/aromatic N) is 3. The van der Waals surface area contributed by atoms with Crippen molar-refractivity contribution in [3.8, 4) is 6.07 Å². The molecule has 5 heteroatoms. The third-order valence-electron chi connectivity index (χ3n) is 3.99. The van der Waals surface area contributed by atoms with E-state index in [0.29, 0.717) is 22.7 Å². The van der Waals surface area contributed by atoms with Crippen LogP contribution in [-0.4, -0.2) is 10.9 Å². The van der Waals surface area contributed by atoms with Crippen LogP contribution in [0.3, 0.4) is 0 Å². The van der Waals surface area contributed by atoms with Crippen LogP contribution in [0, 0.1) is 11.3 Å². The van der Waals surface area contributed by atoms with Gasteiger partial charge in [0.1, 0.15) is 0 Å². The van der Waals surface area contributed by atoms with E-state index in [1.165, 1.54) is 0 Å². The first-order valence-corrected chi connectivity index (χ1v) is 7.41. The van der Waals surface area contributed by atoms with E-state index in [1.807, 2.05) is 19.9 Å². The topological polar surface area (TPSA) is 57.0 Å². The molecule has 0 saturated carbocycles. The third kappa shape index (κ3) is 2.06. The highest BCUT2D eigenvalue weighted by molar-refractivity contribution is 6.17. The number of carbonyl (C=O) groups is 1. The zero-order valence-corrected chi connectivity index (χ0v) is 13.1. The van der Waals surface area contributed by atoms with Crippen molar-refractivity contribution in [2.75, 3.05) is 4.90 Å². The number of pyridine rings is 1. The zero-order chi connectivity index (χ0) is 15.9. The summed E-state index contributed by atoms with van der Waals surface area (Å²) in [4.78, 5) is 18.7. The molecule has 2 heterocycles. The van der Waals surface area contributed by atoms with Gasteiger partial charge in [-0.2, -0.15) is 5.26 Å². The van der Waals surface area contributed by atoms with Crippen LogP contribution in [0.4, 0.5) is 5.69 Å². The predicted octanol–water partition coefficient (Wildman–Crippen LogP) is 3.59. The number of halogens is 1. The molecule has 0 saturated heterocycles. The summed E-state index contributed by atoms with van der Waals surface area (Å²) in [5.41, 5.74) is 3.05. The van der Waals surface area contributed by atoms with E-state index in [4.69, 9.17) is 16.9 Å². The Morgan fingerprint density at radius 1 is 1.32 bits per heavy atom. The molecule has 0 unspecified atom stereocenters. The predicted molar refractivity (Wildman–Crippen MR) is 84.8 cm³/mol.